The molecule has 0 atom stereocenters. The van der Waals surface area contributed by atoms with E-state index >= 15 is 0 Å². The Kier molecular flexibility index (Phi) is 7.63. The minimum atomic E-state index is 0. The minimum Gasteiger partial charge on any atom is -0.0620 e. The van der Waals surface area contributed by atoms with Gasteiger partial charge >= 0.3 is 17.4 Å². The zero-order chi connectivity index (χ0) is 12.0. The van der Waals surface area contributed by atoms with Gasteiger partial charge in [-0.2, -0.15) is 0 Å². The molecule has 0 saturated carbocycles. The first-order valence-electron chi connectivity index (χ1n) is 5.65. The van der Waals surface area contributed by atoms with Gasteiger partial charge in [-0.05, 0) is 49.9 Å². The molecule has 0 aromatic heterocycles. The summed E-state index contributed by atoms with van der Waals surface area (Å²) in [7, 11) is 0. The second-order valence-corrected chi connectivity index (χ2v) is 4.17. The molecule has 0 N–H and O–H groups in total. The summed E-state index contributed by atoms with van der Waals surface area (Å²) >= 11 is 0. The van der Waals surface area contributed by atoms with Gasteiger partial charge in [0.25, 0.3) is 0 Å². The van der Waals surface area contributed by atoms with Crippen molar-refractivity contribution in [2.24, 2.45) is 0 Å². The molecule has 0 radical (unpaired) electrons. The third-order valence-corrected chi connectivity index (χ3v) is 2.85. The fraction of sp³-hybridized carbons (Fsp3) is 0.250. The molecule has 17 heavy (non-hydrogen) atoms. The smallest absolute Gasteiger partial charge is 0.0620 e. The summed E-state index contributed by atoms with van der Waals surface area (Å²) in [6.07, 6.45) is 0. The molecule has 0 aliphatic carbocycles. The molecule has 0 aliphatic rings. The molecule has 0 nitrogen and oxygen atoms in total. The minimum absolute atomic E-state index is 0. The standard InChI is InChI=1S/2C8H10.Cr/c2*1-7-5-3-4-6-8(7)2;/h2*3-6H,1-2H3;/q;;+2. The van der Waals surface area contributed by atoms with Crippen molar-refractivity contribution in [3.05, 3.63) is 70.8 Å². The average molecular weight is 264 g/mol. The van der Waals surface area contributed by atoms with E-state index in [1.54, 1.807) is 0 Å². The summed E-state index contributed by atoms with van der Waals surface area (Å²) in [5.41, 5.74) is 5.47. The summed E-state index contributed by atoms with van der Waals surface area (Å²) in [5, 5.41) is 0. The predicted octanol–water partition coefficient (Wildman–Crippen LogP) is 4.60. The van der Waals surface area contributed by atoms with E-state index in [2.05, 4.69) is 76.2 Å². The van der Waals surface area contributed by atoms with E-state index in [1.807, 2.05) is 0 Å². The Hall–Kier alpha value is -1.03. The first-order valence-corrected chi connectivity index (χ1v) is 5.65. The van der Waals surface area contributed by atoms with Gasteiger partial charge in [-0.15, -0.1) is 0 Å². The van der Waals surface area contributed by atoms with Crippen LogP contribution < -0.4 is 0 Å². The predicted molar refractivity (Wildman–Crippen MR) is 71.8 cm³/mol. The van der Waals surface area contributed by atoms with E-state index in [0.29, 0.717) is 0 Å². The first-order chi connectivity index (χ1) is 7.61. The van der Waals surface area contributed by atoms with Gasteiger partial charge in [-0.3, -0.25) is 0 Å². The van der Waals surface area contributed by atoms with Crippen LogP contribution in [0.25, 0.3) is 0 Å². The fourth-order valence-corrected chi connectivity index (χ4v) is 1.33. The SMILES string of the molecule is Cc1ccccc1C.Cc1ccccc1C.[Cr+2]. The van der Waals surface area contributed by atoms with Gasteiger partial charge in [-0.1, -0.05) is 48.5 Å². The van der Waals surface area contributed by atoms with Crippen LogP contribution in [0.4, 0.5) is 0 Å². The molecule has 0 saturated heterocycles. The van der Waals surface area contributed by atoms with Crippen LogP contribution >= 0.6 is 0 Å². The summed E-state index contributed by atoms with van der Waals surface area (Å²) in [5.74, 6) is 0. The molecule has 0 fully saturated rings. The van der Waals surface area contributed by atoms with Crippen LogP contribution in [0, 0.1) is 27.7 Å². The maximum atomic E-state index is 2.12. The van der Waals surface area contributed by atoms with Gasteiger partial charge < -0.3 is 0 Å². The van der Waals surface area contributed by atoms with Gasteiger partial charge in [-0.25, -0.2) is 0 Å². The molecular formula is C16H20Cr+2. The van der Waals surface area contributed by atoms with Crippen LogP contribution in [-0.4, -0.2) is 0 Å². The van der Waals surface area contributed by atoms with E-state index in [4.69, 9.17) is 0 Å². The summed E-state index contributed by atoms with van der Waals surface area (Å²) < 4.78 is 0. The number of hydrogen-bond donors (Lipinski definition) is 0. The number of benzene rings is 2. The zero-order valence-corrected chi connectivity index (χ0v) is 12.3. The molecule has 0 amide bonds. The van der Waals surface area contributed by atoms with E-state index in [9.17, 15) is 0 Å². The molecule has 1 heteroatoms. The van der Waals surface area contributed by atoms with Crippen molar-refractivity contribution in [2.75, 3.05) is 0 Å². The van der Waals surface area contributed by atoms with Gasteiger partial charge in [0.05, 0.1) is 0 Å². The number of aryl methyl sites for hydroxylation is 4. The third-order valence-electron chi connectivity index (χ3n) is 2.85. The van der Waals surface area contributed by atoms with Gasteiger partial charge in [0.1, 0.15) is 0 Å². The van der Waals surface area contributed by atoms with Gasteiger partial charge in [0.2, 0.25) is 0 Å². The Bertz CT molecular complexity index is 361. The van der Waals surface area contributed by atoms with Crippen LogP contribution in [-0.2, 0) is 17.4 Å². The molecule has 0 heterocycles. The van der Waals surface area contributed by atoms with Crippen molar-refractivity contribution in [1.82, 2.24) is 0 Å². The van der Waals surface area contributed by atoms with Crippen molar-refractivity contribution < 1.29 is 17.4 Å². The average Bonchev–Trinajstić information content (AvgIpc) is 2.28. The molecule has 2 aromatic rings. The molecule has 2 rings (SSSR count). The van der Waals surface area contributed by atoms with Crippen LogP contribution in [0.2, 0.25) is 0 Å². The van der Waals surface area contributed by atoms with Crippen LogP contribution in [0.15, 0.2) is 48.5 Å². The molecule has 88 valence electrons. The van der Waals surface area contributed by atoms with Crippen LogP contribution in [0.1, 0.15) is 22.3 Å². The van der Waals surface area contributed by atoms with E-state index < -0.39 is 0 Å². The Morgan fingerprint density at radius 2 is 0.647 bits per heavy atom. The van der Waals surface area contributed by atoms with Crippen molar-refractivity contribution in [3.63, 3.8) is 0 Å². The monoisotopic (exact) mass is 264 g/mol. The van der Waals surface area contributed by atoms with Gasteiger partial charge in [0, 0.05) is 0 Å². The van der Waals surface area contributed by atoms with E-state index in [-0.39, 0.29) is 17.4 Å². The molecule has 2 aromatic carbocycles. The Labute approximate surface area is 116 Å². The Balaban J connectivity index is 0.000000284. The van der Waals surface area contributed by atoms with Gasteiger partial charge in [0.15, 0.2) is 0 Å². The second kappa shape index (κ2) is 8.12. The molecule has 0 unspecified atom stereocenters. The molecule has 0 spiro atoms. The fourth-order valence-electron chi connectivity index (χ4n) is 1.33. The third kappa shape index (κ3) is 5.73. The summed E-state index contributed by atoms with van der Waals surface area (Å²) in [6.45, 7) is 8.48. The topological polar surface area (TPSA) is 0 Å². The Morgan fingerprint density at radius 1 is 0.471 bits per heavy atom. The second-order valence-electron chi connectivity index (χ2n) is 4.17. The van der Waals surface area contributed by atoms with Crippen molar-refractivity contribution in [3.8, 4) is 0 Å². The maximum absolute atomic E-state index is 2.12. The van der Waals surface area contributed by atoms with E-state index in [1.165, 1.54) is 22.3 Å². The number of rotatable bonds is 0. The van der Waals surface area contributed by atoms with Crippen LogP contribution in [0.5, 0.6) is 0 Å². The van der Waals surface area contributed by atoms with Crippen molar-refractivity contribution in [1.29, 1.82) is 0 Å². The summed E-state index contributed by atoms with van der Waals surface area (Å²) in [6, 6.07) is 16.7. The first kappa shape index (κ1) is 16.0. The quantitative estimate of drug-likeness (QED) is 0.652. The molecular weight excluding hydrogens is 244 g/mol. The molecule has 0 bridgehead atoms. The maximum Gasteiger partial charge on any atom is 2.00 e. The molecule has 0 aliphatic heterocycles. The summed E-state index contributed by atoms with van der Waals surface area (Å²) in [4.78, 5) is 0. The zero-order valence-electron chi connectivity index (χ0n) is 11.0. The van der Waals surface area contributed by atoms with Crippen molar-refractivity contribution in [2.45, 2.75) is 27.7 Å². The normalized spacial score (nSPS) is 8.71. The van der Waals surface area contributed by atoms with E-state index in [0.717, 1.165) is 0 Å². The number of hydrogen-bond acceptors (Lipinski definition) is 0. The largest absolute Gasteiger partial charge is 2.00 e. The van der Waals surface area contributed by atoms with Crippen molar-refractivity contribution >= 4 is 0 Å². The van der Waals surface area contributed by atoms with Crippen LogP contribution in [0.3, 0.4) is 0 Å². The Morgan fingerprint density at radius 3 is 0.765 bits per heavy atom.